The van der Waals surface area contributed by atoms with E-state index in [0.29, 0.717) is 5.69 Å². The van der Waals surface area contributed by atoms with E-state index in [2.05, 4.69) is 14.7 Å². The Morgan fingerprint density at radius 3 is 2.15 bits per heavy atom. The molecule has 0 aliphatic rings. The normalized spacial score (nSPS) is 11.7. The van der Waals surface area contributed by atoms with Crippen LogP contribution in [-0.4, -0.2) is 18.4 Å². The van der Waals surface area contributed by atoms with Gasteiger partial charge in [-0.15, -0.1) is 0 Å². The third kappa shape index (κ3) is 3.20. The van der Waals surface area contributed by atoms with Crippen LogP contribution >= 0.6 is 11.6 Å². The Morgan fingerprint density at radius 1 is 0.815 bits per heavy atom. The summed E-state index contributed by atoms with van der Waals surface area (Å²) in [5.74, 6) is 0. The summed E-state index contributed by atoms with van der Waals surface area (Å²) in [4.78, 5) is 27.4. The number of benzene rings is 3. The predicted octanol–water partition coefficient (Wildman–Crippen LogP) is 2.82. The van der Waals surface area contributed by atoms with Crippen molar-refractivity contribution in [3.05, 3.63) is 80.3 Å². The zero-order chi connectivity index (χ0) is 19.2. The number of anilines is 1. The molecular weight excluding hydrogens is 390 g/mol. The first-order valence-corrected chi connectivity index (χ1v) is 9.67. The van der Waals surface area contributed by atoms with E-state index in [9.17, 15) is 18.0 Å². The first-order valence-electron chi connectivity index (χ1n) is 7.81. The van der Waals surface area contributed by atoms with Crippen LogP contribution in [0, 0.1) is 0 Å². The molecular formula is C18H12ClN3O4S. The number of halogens is 1. The smallest absolute Gasteiger partial charge is 0.314 e. The van der Waals surface area contributed by atoms with Gasteiger partial charge in [0.2, 0.25) is 0 Å². The lowest BCUT2D eigenvalue weighted by atomic mass is 10.1. The van der Waals surface area contributed by atoms with Crippen LogP contribution < -0.4 is 15.8 Å². The molecule has 0 amide bonds. The maximum absolute atomic E-state index is 12.8. The van der Waals surface area contributed by atoms with Crippen molar-refractivity contribution in [2.45, 2.75) is 4.90 Å². The minimum atomic E-state index is -4.02. The van der Waals surface area contributed by atoms with Gasteiger partial charge in [-0.1, -0.05) is 41.9 Å². The van der Waals surface area contributed by atoms with Gasteiger partial charge in [-0.3, -0.25) is 14.3 Å². The second-order valence-electron chi connectivity index (χ2n) is 5.90. The first-order chi connectivity index (χ1) is 12.8. The van der Waals surface area contributed by atoms with Gasteiger partial charge in [-0.25, -0.2) is 8.42 Å². The van der Waals surface area contributed by atoms with E-state index in [4.69, 9.17) is 11.6 Å². The van der Waals surface area contributed by atoms with E-state index in [1.165, 1.54) is 12.1 Å². The summed E-state index contributed by atoms with van der Waals surface area (Å²) < 4.78 is 28.1. The highest BCUT2D eigenvalue weighted by molar-refractivity contribution is 7.92. The fraction of sp³-hybridized carbons (Fsp3) is 0. The molecule has 0 bridgehead atoms. The average molecular weight is 402 g/mol. The van der Waals surface area contributed by atoms with Gasteiger partial charge in [-0.2, -0.15) is 0 Å². The van der Waals surface area contributed by atoms with E-state index in [-0.39, 0.29) is 21.0 Å². The molecule has 0 atom stereocenters. The molecule has 0 aliphatic heterocycles. The molecule has 4 rings (SSSR count). The zero-order valence-corrected chi connectivity index (χ0v) is 15.2. The highest BCUT2D eigenvalue weighted by Crippen LogP contribution is 2.28. The molecule has 0 spiro atoms. The van der Waals surface area contributed by atoms with Gasteiger partial charge in [0.25, 0.3) is 10.0 Å². The van der Waals surface area contributed by atoms with Crippen LogP contribution in [0.15, 0.2) is 69.1 Å². The maximum Gasteiger partial charge on any atom is 0.314 e. The Hall–Kier alpha value is -3.10. The Bertz CT molecular complexity index is 1420. The second kappa shape index (κ2) is 6.26. The van der Waals surface area contributed by atoms with Crippen molar-refractivity contribution in [1.29, 1.82) is 0 Å². The third-order valence-electron chi connectivity index (χ3n) is 4.07. The Labute approximate surface area is 157 Å². The molecule has 0 radical (unpaired) electrons. The highest BCUT2D eigenvalue weighted by atomic mass is 35.5. The summed E-state index contributed by atoms with van der Waals surface area (Å²) in [5, 5.41) is 1.77. The van der Waals surface area contributed by atoms with Gasteiger partial charge in [0.15, 0.2) is 0 Å². The number of fused-ring (bicyclic) bond motifs is 2. The van der Waals surface area contributed by atoms with E-state index in [1.54, 1.807) is 18.2 Å². The largest absolute Gasteiger partial charge is 0.316 e. The summed E-state index contributed by atoms with van der Waals surface area (Å²) in [6.07, 6.45) is 0. The highest BCUT2D eigenvalue weighted by Gasteiger charge is 2.20. The predicted molar refractivity (Wildman–Crippen MR) is 105 cm³/mol. The van der Waals surface area contributed by atoms with Crippen LogP contribution in [0.25, 0.3) is 21.8 Å². The van der Waals surface area contributed by atoms with Crippen molar-refractivity contribution in [2.24, 2.45) is 0 Å². The Kier molecular flexibility index (Phi) is 4.01. The van der Waals surface area contributed by atoms with Crippen molar-refractivity contribution < 1.29 is 8.42 Å². The molecule has 27 heavy (non-hydrogen) atoms. The maximum atomic E-state index is 12.8. The van der Waals surface area contributed by atoms with Crippen LogP contribution in [0.5, 0.6) is 0 Å². The van der Waals surface area contributed by atoms with Crippen molar-refractivity contribution >= 4 is 49.1 Å². The molecule has 4 aromatic rings. The van der Waals surface area contributed by atoms with Gasteiger partial charge in [-0.05, 0) is 35.0 Å². The van der Waals surface area contributed by atoms with Crippen molar-refractivity contribution in [3.8, 4) is 0 Å². The molecule has 0 unspecified atom stereocenters. The summed E-state index contributed by atoms with van der Waals surface area (Å²) in [6.45, 7) is 0. The van der Waals surface area contributed by atoms with Crippen molar-refractivity contribution in [2.75, 3.05) is 4.72 Å². The van der Waals surface area contributed by atoms with Gasteiger partial charge in [0.1, 0.15) is 4.90 Å². The molecule has 7 nitrogen and oxygen atoms in total. The van der Waals surface area contributed by atoms with E-state index >= 15 is 0 Å². The van der Waals surface area contributed by atoms with Crippen molar-refractivity contribution in [3.63, 3.8) is 0 Å². The number of hydrogen-bond acceptors (Lipinski definition) is 4. The number of aromatic amines is 2. The summed E-state index contributed by atoms with van der Waals surface area (Å²) in [7, 11) is -4.02. The molecule has 3 aromatic carbocycles. The average Bonchev–Trinajstić information content (AvgIpc) is 2.62. The number of aromatic nitrogens is 2. The van der Waals surface area contributed by atoms with Crippen LogP contribution in [0.3, 0.4) is 0 Å². The Morgan fingerprint density at radius 2 is 1.44 bits per heavy atom. The van der Waals surface area contributed by atoms with E-state index in [0.717, 1.165) is 10.8 Å². The van der Waals surface area contributed by atoms with Gasteiger partial charge in [0, 0.05) is 5.69 Å². The lowest BCUT2D eigenvalue weighted by Crippen LogP contribution is -2.29. The molecule has 1 aromatic heterocycles. The molecule has 0 fully saturated rings. The van der Waals surface area contributed by atoms with Gasteiger partial charge in [0.05, 0.1) is 16.1 Å². The monoisotopic (exact) mass is 401 g/mol. The van der Waals surface area contributed by atoms with Gasteiger partial charge < -0.3 is 9.97 Å². The standard InChI is InChI=1S/C18H12ClN3O4S/c19-13-8-14-15(21-18(24)17(23)20-14)9-16(13)27(25,26)22-12-6-5-10-3-1-2-4-11(10)7-12/h1-9,22H,(H,20,23)(H,21,24). The summed E-state index contributed by atoms with van der Waals surface area (Å²) in [6, 6.07) is 15.2. The minimum Gasteiger partial charge on any atom is -0.316 e. The first kappa shape index (κ1) is 17.3. The fourth-order valence-corrected chi connectivity index (χ4v) is 4.39. The summed E-state index contributed by atoms with van der Waals surface area (Å²) in [5.41, 5.74) is -0.962. The summed E-state index contributed by atoms with van der Waals surface area (Å²) >= 11 is 6.11. The third-order valence-corrected chi connectivity index (χ3v) is 5.91. The zero-order valence-electron chi connectivity index (χ0n) is 13.6. The fourth-order valence-electron chi connectivity index (χ4n) is 2.79. The number of hydrogen-bond donors (Lipinski definition) is 3. The van der Waals surface area contributed by atoms with E-state index < -0.39 is 21.1 Å². The molecule has 0 saturated heterocycles. The Balaban J connectivity index is 1.80. The second-order valence-corrected chi connectivity index (χ2v) is 7.96. The van der Waals surface area contributed by atoms with Crippen LogP contribution in [0.4, 0.5) is 5.69 Å². The SMILES string of the molecule is O=c1[nH]c2cc(Cl)c(S(=O)(=O)Nc3ccc4ccccc4c3)cc2[nH]c1=O. The van der Waals surface area contributed by atoms with Crippen LogP contribution in [0.2, 0.25) is 5.02 Å². The number of H-pyrrole nitrogens is 2. The number of sulfonamides is 1. The molecule has 0 saturated carbocycles. The molecule has 1 heterocycles. The van der Waals surface area contributed by atoms with Crippen molar-refractivity contribution in [1.82, 2.24) is 9.97 Å². The molecule has 0 aliphatic carbocycles. The van der Waals surface area contributed by atoms with Crippen LogP contribution in [0.1, 0.15) is 0 Å². The number of nitrogens with one attached hydrogen (secondary N) is 3. The molecule has 136 valence electrons. The van der Waals surface area contributed by atoms with Crippen LogP contribution in [-0.2, 0) is 10.0 Å². The quantitative estimate of drug-likeness (QED) is 0.458. The molecule has 3 N–H and O–H groups in total. The topological polar surface area (TPSA) is 112 Å². The lowest BCUT2D eigenvalue weighted by Gasteiger charge is -2.11. The van der Waals surface area contributed by atoms with Gasteiger partial charge >= 0.3 is 11.1 Å². The van der Waals surface area contributed by atoms with E-state index in [1.807, 2.05) is 24.3 Å². The lowest BCUT2D eigenvalue weighted by molar-refractivity contribution is 0.601. The number of rotatable bonds is 3. The molecule has 9 heteroatoms. The minimum absolute atomic E-state index is 0.0847.